The lowest BCUT2D eigenvalue weighted by Gasteiger charge is -2.15. The Bertz CT molecular complexity index is 391. The topological polar surface area (TPSA) is 52.5 Å². The Morgan fingerprint density at radius 2 is 2.12 bits per heavy atom. The van der Waals surface area contributed by atoms with Crippen LogP contribution in [0, 0.1) is 5.41 Å². The lowest BCUT2D eigenvalue weighted by atomic mass is 10.0. The van der Waals surface area contributed by atoms with Crippen molar-refractivity contribution >= 4 is 15.9 Å². The maximum absolute atomic E-state index is 9.82. The maximum Gasteiger partial charge on any atom is 0.134 e. The second-order valence-corrected chi connectivity index (χ2v) is 5.68. The smallest absolute Gasteiger partial charge is 0.134 e. The molecule has 2 rings (SSSR count). The van der Waals surface area contributed by atoms with Crippen molar-refractivity contribution in [1.82, 2.24) is 5.32 Å². The Labute approximate surface area is 110 Å². The monoisotopic (exact) mass is 299 g/mol. The Kier molecular flexibility index (Phi) is 4.07. The van der Waals surface area contributed by atoms with Gasteiger partial charge in [-0.05, 0) is 46.7 Å². The molecular weight excluding hydrogens is 282 g/mol. The molecule has 1 aromatic carbocycles. The third kappa shape index (κ3) is 3.21. The molecule has 0 atom stereocenters. The molecule has 0 bridgehead atoms. The van der Waals surface area contributed by atoms with Gasteiger partial charge in [-0.1, -0.05) is 12.1 Å². The first kappa shape index (κ1) is 12.9. The summed E-state index contributed by atoms with van der Waals surface area (Å²) in [5.41, 5.74) is 1.22. The zero-order valence-electron chi connectivity index (χ0n) is 9.75. The van der Waals surface area contributed by atoms with E-state index in [1.165, 1.54) is 12.8 Å². The van der Waals surface area contributed by atoms with Crippen LogP contribution in [0.2, 0.25) is 0 Å². The van der Waals surface area contributed by atoms with Gasteiger partial charge in [-0.25, -0.2) is 0 Å². The van der Waals surface area contributed by atoms with Crippen molar-refractivity contribution in [3.63, 3.8) is 0 Å². The van der Waals surface area contributed by atoms with Crippen molar-refractivity contribution in [3.05, 3.63) is 28.2 Å². The minimum Gasteiger partial charge on any atom is -0.506 e. The van der Waals surface area contributed by atoms with Crippen LogP contribution in [-0.4, -0.2) is 23.4 Å². The van der Waals surface area contributed by atoms with E-state index in [9.17, 15) is 5.11 Å². The number of aliphatic hydroxyl groups is 1. The normalized spacial score (nSPS) is 17.1. The number of nitrogens with one attached hydrogen (secondary N) is 1. The Balaban J connectivity index is 1.84. The van der Waals surface area contributed by atoms with Gasteiger partial charge >= 0.3 is 0 Å². The summed E-state index contributed by atoms with van der Waals surface area (Å²) in [5, 5.41) is 22.1. The molecular formula is C13H18BrNO2. The summed E-state index contributed by atoms with van der Waals surface area (Å²) in [4.78, 5) is 0. The lowest BCUT2D eigenvalue weighted by Crippen LogP contribution is -2.24. The first-order chi connectivity index (χ1) is 8.17. The van der Waals surface area contributed by atoms with Gasteiger partial charge in [-0.2, -0.15) is 0 Å². The van der Waals surface area contributed by atoms with Crippen molar-refractivity contribution in [2.24, 2.45) is 5.41 Å². The van der Waals surface area contributed by atoms with Gasteiger partial charge in [0.1, 0.15) is 5.75 Å². The van der Waals surface area contributed by atoms with Gasteiger partial charge in [-0.3, -0.25) is 0 Å². The molecule has 1 aliphatic rings. The van der Waals surface area contributed by atoms with Crippen LogP contribution in [0.15, 0.2) is 22.7 Å². The van der Waals surface area contributed by atoms with Crippen molar-refractivity contribution in [2.75, 3.05) is 13.2 Å². The SMILES string of the molecule is OCCC1(CNCc2cccc(Br)c2O)CC1. The molecule has 1 aromatic rings. The second-order valence-electron chi connectivity index (χ2n) is 4.82. The van der Waals surface area contributed by atoms with Crippen molar-refractivity contribution in [2.45, 2.75) is 25.8 Å². The zero-order valence-corrected chi connectivity index (χ0v) is 11.3. The summed E-state index contributed by atoms with van der Waals surface area (Å²) >= 11 is 3.30. The number of hydrogen-bond acceptors (Lipinski definition) is 3. The van der Waals surface area contributed by atoms with Gasteiger partial charge in [0.2, 0.25) is 0 Å². The predicted molar refractivity (Wildman–Crippen MR) is 70.9 cm³/mol. The number of aliphatic hydroxyl groups excluding tert-OH is 1. The molecule has 3 nitrogen and oxygen atoms in total. The Hall–Kier alpha value is -0.580. The molecule has 1 fully saturated rings. The molecule has 0 amide bonds. The van der Waals surface area contributed by atoms with Crippen LogP contribution in [-0.2, 0) is 6.54 Å². The van der Waals surface area contributed by atoms with Gasteiger partial charge in [0.15, 0.2) is 0 Å². The van der Waals surface area contributed by atoms with Crippen LogP contribution < -0.4 is 5.32 Å². The summed E-state index contributed by atoms with van der Waals surface area (Å²) in [5.74, 6) is 0.312. The maximum atomic E-state index is 9.82. The number of phenolic OH excluding ortho intramolecular Hbond substituents is 1. The number of phenols is 1. The molecule has 0 unspecified atom stereocenters. The van der Waals surface area contributed by atoms with E-state index in [1.807, 2.05) is 18.2 Å². The Morgan fingerprint density at radius 1 is 1.35 bits per heavy atom. The van der Waals surface area contributed by atoms with Crippen LogP contribution >= 0.6 is 15.9 Å². The first-order valence-corrected chi connectivity index (χ1v) is 6.74. The van der Waals surface area contributed by atoms with Crippen LogP contribution in [0.4, 0.5) is 0 Å². The summed E-state index contributed by atoms with van der Waals surface area (Å²) in [7, 11) is 0. The molecule has 0 saturated heterocycles. The summed E-state index contributed by atoms with van der Waals surface area (Å²) in [6, 6.07) is 5.66. The van der Waals surface area contributed by atoms with Gasteiger partial charge in [-0.15, -0.1) is 0 Å². The lowest BCUT2D eigenvalue weighted by molar-refractivity contribution is 0.245. The van der Waals surface area contributed by atoms with E-state index in [0.717, 1.165) is 23.0 Å². The fraction of sp³-hybridized carbons (Fsp3) is 0.538. The number of hydrogen-bond donors (Lipinski definition) is 3. The number of rotatable bonds is 6. The first-order valence-electron chi connectivity index (χ1n) is 5.95. The van der Waals surface area contributed by atoms with E-state index in [0.29, 0.717) is 17.7 Å². The average Bonchev–Trinajstić information content (AvgIpc) is 3.05. The van der Waals surface area contributed by atoms with Crippen LogP contribution in [0.1, 0.15) is 24.8 Å². The number of para-hydroxylation sites is 1. The largest absolute Gasteiger partial charge is 0.506 e. The molecule has 94 valence electrons. The fourth-order valence-corrected chi connectivity index (χ4v) is 2.50. The second kappa shape index (κ2) is 5.38. The van der Waals surface area contributed by atoms with E-state index in [-0.39, 0.29) is 6.61 Å². The molecule has 0 aliphatic heterocycles. The quantitative estimate of drug-likeness (QED) is 0.756. The van der Waals surface area contributed by atoms with Gasteiger partial charge in [0.25, 0.3) is 0 Å². The average molecular weight is 300 g/mol. The molecule has 17 heavy (non-hydrogen) atoms. The molecule has 4 heteroatoms. The summed E-state index contributed by atoms with van der Waals surface area (Å²) in [6.45, 7) is 1.85. The van der Waals surface area contributed by atoms with E-state index < -0.39 is 0 Å². The fourth-order valence-electron chi connectivity index (χ4n) is 2.09. The minimum absolute atomic E-state index is 0.268. The number of aromatic hydroxyl groups is 1. The molecule has 0 spiro atoms. The van der Waals surface area contributed by atoms with E-state index >= 15 is 0 Å². The van der Waals surface area contributed by atoms with Gasteiger partial charge < -0.3 is 15.5 Å². The molecule has 0 aromatic heterocycles. The highest BCUT2D eigenvalue weighted by Crippen LogP contribution is 2.47. The van der Waals surface area contributed by atoms with Crippen molar-refractivity contribution in [3.8, 4) is 5.75 Å². The third-order valence-corrected chi connectivity index (χ3v) is 4.12. The van der Waals surface area contributed by atoms with Crippen LogP contribution in [0.25, 0.3) is 0 Å². The molecule has 1 aliphatic carbocycles. The number of benzene rings is 1. The molecule has 0 radical (unpaired) electrons. The standard InChI is InChI=1S/C13H18BrNO2/c14-11-3-1-2-10(12(11)17)8-15-9-13(4-5-13)6-7-16/h1-3,15-17H,4-9H2. The zero-order chi connectivity index (χ0) is 12.3. The van der Waals surface area contributed by atoms with Crippen LogP contribution in [0.5, 0.6) is 5.75 Å². The summed E-state index contributed by atoms with van der Waals surface area (Å²) < 4.78 is 0.730. The van der Waals surface area contributed by atoms with Crippen molar-refractivity contribution in [1.29, 1.82) is 0 Å². The third-order valence-electron chi connectivity index (χ3n) is 3.49. The van der Waals surface area contributed by atoms with E-state index in [1.54, 1.807) is 0 Å². The molecule has 1 saturated carbocycles. The van der Waals surface area contributed by atoms with Gasteiger partial charge in [0.05, 0.1) is 4.47 Å². The molecule has 0 heterocycles. The highest BCUT2D eigenvalue weighted by Gasteiger charge is 2.41. The van der Waals surface area contributed by atoms with E-state index in [2.05, 4.69) is 21.2 Å². The van der Waals surface area contributed by atoms with E-state index in [4.69, 9.17) is 5.11 Å². The predicted octanol–water partition coefficient (Wildman–Crippen LogP) is 2.41. The number of halogens is 1. The Morgan fingerprint density at radius 3 is 2.76 bits per heavy atom. The minimum atomic E-state index is 0.268. The van der Waals surface area contributed by atoms with Crippen molar-refractivity contribution < 1.29 is 10.2 Å². The van der Waals surface area contributed by atoms with Crippen LogP contribution in [0.3, 0.4) is 0 Å². The highest BCUT2D eigenvalue weighted by molar-refractivity contribution is 9.10. The summed E-state index contributed by atoms with van der Waals surface area (Å²) in [6.07, 6.45) is 3.28. The molecule has 3 N–H and O–H groups in total. The highest BCUT2D eigenvalue weighted by atomic mass is 79.9. The van der Waals surface area contributed by atoms with Gasteiger partial charge in [0, 0.05) is 25.3 Å².